The number of primary amides is 1. The van der Waals surface area contributed by atoms with Crippen molar-refractivity contribution in [2.24, 2.45) is 11.7 Å². The van der Waals surface area contributed by atoms with E-state index in [9.17, 15) is 9.59 Å². The Morgan fingerprint density at radius 2 is 1.54 bits per heavy atom. The van der Waals surface area contributed by atoms with Crippen LogP contribution in [0.4, 0.5) is 5.82 Å². The van der Waals surface area contributed by atoms with Crippen LogP contribution in [0, 0.1) is 5.92 Å². The number of benzene rings is 2. The van der Waals surface area contributed by atoms with Crippen LogP contribution in [0.3, 0.4) is 0 Å². The molecular weight excluding hydrogens is 370 g/mol. The Labute approximate surface area is 168 Å². The summed E-state index contributed by atoms with van der Waals surface area (Å²) in [5.74, 6) is -0.579. The van der Waals surface area contributed by atoms with E-state index >= 15 is 0 Å². The summed E-state index contributed by atoms with van der Waals surface area (Å²) in [6.07, 6.45) is 1.14. The van der Waals surface area contributed by atoms with Crippen molar-refractivity contribution in [1.29, 1.82) is 0 Å². The van der Waals surface area contributed by atoms with Crippen molar-refractivity contribution in [3.05, 3.63) is 82.7 Å². The van der Waals surface area contributed by atoms with Gasteiger partial charge >= 0.3 is 0 Å². The second-order valence-corrected chi connectivity index (χ2v) is 7.43. The minimum atomic E-state index is -0.774. The molecule has 0 aliphatic rings. The first-order chi connectivity index (χ1) is 13.6. The van der Waals surface area contributed by atoms with Gasteiger partial charge in [-0.2, -0.15) is 0 Å². The molecule has 0 spiro atoms. The van der Waals surface area contributed by atoms with E-state index in [2.05, 4.69) is 4.98 Å². The van der Waals surface area contributed by atoms with Gasteiger partial charge in [0.25, 0.3) is 0 Å². The third-order valence-corrected chi connectivity index (χ3v) is 5.28. The largest absolute Gasteiger partial charge is 0.368 e. The van der Waals surface area contributed by atoms with Crippen molar-refractivity contribution >= 4 is 29.0 Å². The molecule has 0 fully saturated rings. The number of anilines is 1. The molecule has 2 N–H and O–H groups in total. The van der Waals surface area contributed by atoms with Crippen LogP contribution in [0.2, 0.25) is 0 Å². The highest BCUT2D eigenvalue weighted by Gasteiger charge is 2.32. The summed E-state index contributed by atoms with van der Waals surface area (Å²) in [7, 11) is 0. The van der Waals surface area contributed by atoms with E-state index < -0.39 is 11.9 Å². The molecular formula is C22H23N3O2S. The van der Waals surface area contributed by atoms with Gasteiger partial charge in [0.05, 0.1) is 5.51 Å². The number of aromatic nitrogens is 1. The van der Waals surface area contributed by atoms with Crippen molar-refractivity contribution in [2.75, 3.05) is 4.90 Å². The first kappa shape index (κ1) is 19.8. The zero-order chi connectivity index (χ0) is 19.9. The number of amides is 2. The van der Waals surface area contributed by atoms with Crippen LogP contribution < -0.4 is 10.6 Å². The van der Waals surface area contributed by atoms with Gasteiger partial charge < -0.3 is 5.73 Å². The van der Waals surface area contributed by atoms with Crippen molar-refractivity contribution in [1.82, 2.24) is 4.98 Å². The molecule has 2 amide bonds. The van der Waals surface area contributed by atoms with Crippen molar-refractivity contribution in [2.45, 2.75) is 25.8 Å². The first-order valence-electron chi connectivity index (χ1n) is 9.14. The molecule has 2 aromatic carbocycles. The first-order valence-corrected chi connectivity index (χ1v) is 10.1. The molecule has 0 aliphatic heterocycles. The molecule has 1 heterocycles. The van der Waals surface area contributed by atoms with Crippen LogP contribution >= 0.6 is 11.3 Å². The average Bonchev–Trinajstić information content (AvgIpc) is 3.23. The summed E-state index contributed by atoms with van der Waals surface area (Å²) >= 11 is 1.38. The molecule has 5 nitrogen and oxygen atoms in total. The molecule has 1 atom stereocenters. The van der Waals surface area contributed by atoms with Crippen LogP contribution in [0.25, 0.3) is 0 Å². The van der Waals surface area contributed by atoms with Gasteiger partial charge in [-0.05, 0) is 30.9 Å². The molecule has 0 saturated carbocycles. The maximum atomic E-state index is 13.6. The molecule has 1 aromatic heterocycles. The number of thiazole rings is 1. The second kappa shape index (κ2) is 9.28. The summed E-state index contributed by atoms with van der Waals surface area (Å²) < 4.78 is 0. The van der Waals surface area contributed by atoms with Crippen molar-refractivity contribution in [3.63, 3.8) is 0 Å². The van der Waals surface area contributed by atoms with Gasteiger partial charge in [0.1, 0.15) is 11.9 Å². The number of hydrogen-bond acceptors (Lipinski definition) is 4. The summed E-state index contributed by atoms with van der Waals surface area (Å²) in [5, 5.41) is 1.76. The molecule has 0 aliphatic carbocycles. The molecule has 6 heteroatoms. The summed E-state index contributed by atoms with van der Waals surface area (Å²) in [4.78, 5) is 31.2. The van der Waals surface area contributed by atoms with Gasteiger partial charge in [0.15, 0.2) is 0 Å². The zero-order valence-corrected chi connectivity index (χ0v) is 16.5. The second-order valence-electron chi connectivity index (χ2n) is 6.71. The summed E-state index contributed by atoms with van der Waals surface area (Å²) in [5.41, 5.74) is 9.32. The van der Waals surface area contributed by atoms with E-state index in [1.807, 2.05) is 60.7 Å². The maximum Gasteiger partial charge on any atom is 0.240 e. The van der Waals surface area contributed by atoms with Gasteiger partial charge in [-0.1, -0.05) is 60.7 Å². The molecule has 0 bridgehead atoms. The van der Waals surface area contributed by atoms with Crippen LogP contribution in [-0.2, 0) is 22.4 Å². The lowest BCUT2D eigenvalue weighted by atomic mass is 9.91. The predicted octanol–water partition coefficient (Wildman–Crippen LogP) is 3.45. The summed E-state index contributed by atoms with van der Waals surface area (Å²) in [6.45, 7) is 1.64. The van der Waals surface area contributed by atoms with E-state index in [0.29, 0.717) is 18.7 Å². The van der Waals surface area contributed by atoms with Crippen molar-refractivity contribution < 1.29 is 9.59 Å². The monoisotopic (exact) mass is 393 g/mol. The lowest BCUT2D eigenvalue weighted by Gasteiger charge is -2.29. The fourth-order valence-electron chi connectivity index (χ4n) is 3.20. The summed E-state index contributed by atoms with van der Waals surface area (Å²) in [6, 6.07) is 19.0. The van der Waals surface area contributed by atoms with Crippen LogP contribution in [0.15, 0.2) is 71.6 Å². The van der Waals surface area contributed by atoms with E-state index in [1.165, 1.54) is 16.2 Å². The molecule has 3 rings (SSSR count). The Hall–Kier alpha value is -2.99. The van der Waals surface area contributed by atoms with E-state index in [0.717, 1.165) is 11.1 Å². The quantitative estimate of drug-likeness (QED) is 0.637. The van der Waals surface area contributed by atoms with Crippen LogP contribution in [0.1, 0.15) is 18.1 Å². The highest BCUT2D eigenvalue weighted by Crippen LogP contribution is 2.24. The molecule has 144 valence electrons. The molecule has 0 unspecified atom stereocenters. The lowest BCUT2D eigenvalue weighted by molar-refractivity contribution is -0.126. The highest BCUT2D eigenvalue weighted by molar-refractivity contribution is 7.07. The number of hydrogen-bond donors (Lipinski definition) is 1. The third kappa shape index (κ3) is 4.84. The minimum Gasteiger partial charge on any atom is -0.368 e. The average molecular weight is 394 g/mol. The number of nitrogens with two attached hydrogens (primary N) is 1. The standard InChI is InChI=1S/C22H23N3O2S/c1-16(21(23)26)25(20-14-28-15-24-20)22(27)19(12-17-8-4-2-5-9-17)13-18-10-6-3-7-11-18/h2-11,14-16,19H,12-13H2,1H3,(H2,23,26)/t16-/m0/s1. The van der Waals surface area contributed by atoms with Crippen LogP contribution in [0.5, 0.6) is 0 Å². The molecule has 0 saturated heterocycles. The molecule has 3 aromatic rings. The Bertz CT molecular complexity index is 857. The Morgan fingerprint density at radius 3 is 1.96 bits per heavy atom. The molecule has 0 radical (unpaired) electrons. The fraction of sp³-hybridized carbons (Fsp3) is 0.227. The number of nitrogens with zero attached hydrogens (tertiary/aromatic N) is 2. The Morgan fingerprint density at radius 1 is 1.00 bits per heavy atom. The number of carbonyl (C=O) groups is 2. The highest BCUT2D eigenvalue weighted by atomic mass is 32.1. The van der Waals surface area contributed by atoms with Gasteiger partial charge in [-0.3, -0.25) is 14.5 Å². The van der Waals surface area contributed by atoms with E-state index in [1.54, 1.807) is 17.8 Å². The van der Waals surface area contributed by atoms with Crippen molar-refractivity contribution in [3.8, 4) is 0 Å². The van der Waals surface area contributed by atoms with Gasteiger partial charge in [-0.15, -0.1) is 11.3 Å². The maximum absolute atomic E-state index is 13.6. The van der Waals surface area contributed by atoms with Gasteiger partial charge in [-0.25, -0.2) is 4.98 Å². The third-order valence-electron chi connectivity index (χ3n) is 4.70. The Balaban J connectivity index is 1.94. The number of rotatable bonds is 8. The minimum absolute atomic E-state index is 0.148. The topological polar surface area (TPSA) is 76.3 Å². The molecule has 28 heavy (non-hydrogen) atoms. The number of carbonyl (C=O) groups excluding carboxylic acids is 2. The van der Waals surface area contributed by atoms with Gasteiger partial charge in [0, 0.05) is 11.3 Å². The zero-order valence-electron chi connectivity index (χ0n) is 15.7. The van der Waals surface area contributed by atoms with E-state index in [4.69, 9.17) is 5.73 Å². The van der Waals surface area contributed by atoms with E-state index in [-0.39, 0.29) is 11.8 Å². The predicted molar refractivity (Wildman–Crippen MR) is 112 cm³/mol. The lowest BCUT2D eigenvalue weighted by Crippen LogP contribution is -2.49. The smallest absolute Gasteiger partial charge is 0.240 e. The van der Waals surface area contributed by atoms with Crippen LogP contribution in [-0.4, -0.2) is 22.8 Å². The Kier molecular flexibility index (Phi) is 6.55. The SMILES string of the molecule is C[C@@H](C(N)=O)N(C(=O)C(Cc1ccccc1)Cc1ccccc1)c1cscn1. The fourth-order valence-corrected chi connectivity index (χ4v) is 3.72. The normalized spacial score (nSPS) is 11.9. The van der Waals surface area contributed by atoms with Gasteiger partial charge in [0.2, 0.25) is 11.8 Å².